The Morgan fingerprint density at radius 2 is 1.55 bits per heavy atom. The summed E-state index contributed by atoms with van der Waals surface area (Å²) < 4.78 is 2.21. The Kier molecular flexibility index (Phi) is 6.95. The molecular formula is C24H19Cl3N2OS. The summed E-state index contributed by atoms with van der Waals surface area (Å²) in [5.41, 5.74) is 4.96. The number of hydrogen-bond donors (Lipinski definition) is 1. The van der Waals surface area contributed by atoms with Crippen LogP contribution in [0.3, 0.4) is 0 Å². The molecule has 3 nitrogen and oxygen atoms in total. The number of hydrogen-bond acceptors (Lipinski definition) is 3. The molecule has 31 heavy (non-hydrogen) atoms. The Bertz CT molecular complexity index is 1190. The van der Waals surface area contributed by atoms with Gasteiger partial charge in [0.05, 0.1) is 11.6 Å². The highest BCUT2D eigenvalue weighted by molar-refractivity contribution is 7.99. The predicted molar refractivity (Wildman–Crippen MR) is 129 cm³/mol. The van der Waals surface area contributed by atoms with Crippen LogP contribution in [0.5, 0.6) is 0 Å². The zero-order valence-electron chi connectivity index (χ0n) is 16.6. The summed E-state index contributed by atoms with van der Waals surface area (Å²) in [6, 6.07) is 17.1. The normalized spacial score (nSPS) is 11.1. The molecule has 2 heterocycles. The van der Waals surface area contributed by atoms with E-state index in [4.69, 9.17) is 34.8 Å². The first-order valence-electron chi connectivity index (χ1n) is 9.58. The van der Waals surface area contributed by atoms with E-state index in [-0.39, 0.29) is 6.61 Å². The lowest BCUT2D eigenvalue weighted by Crippen LogP contribution is -2.04. The van der Waals surface area contributed by atoms with Crippen LogP contribution in [-0.2, 0) is 13.2 Å². The molecule has 0 saturated heterocycles. The molecule has 0 unspecified atom stereocenters. The fourth-order valence-electron chi connectivity index (χ4n) is 3.53. The number of aromatic nitrogens is 2. The minimum absolute atomic E-state index is 0.0724. The molecule has 2 aromatic heterocycles. The minimum atomic E-state index is -0.0724. The van der Waals surface area contributed by atoms with Crippen molar-refractivity contribution in [3.63, 3.8) is 0 Å². The third-order valence-electron chi connectivity index (χ3n) is 5.03. The molecule has 1 N–H and O–H groups in total. The Hall–Kier alpha value is -1.95. The lowest BCUT2D eigenvalue weighted by Gasteiger charge is -2.14. The highest BCUT2D eigenvalue weighted by Gasteiger charge is 2.22. The van der Waals surface area contributed by atoms with E-state index in [9.17, 15) is 5.11 Å². The Morgan fingerprint density at radius 3 is 2.16 bits per heavy atom. The van der Waals surface area contributed by atoms with Gasteiger partial charge in [-0.15, -0.1) is 0 Å². The van der Waals surface area contributed by atoms with Crippen molar-refractivity contribution < 1.29 is 5.11 Å². The van der Waals surface area contributed by atoms with Gasteiger partial charge in [-0.2, -0.15) is 0 Å². The van der Waals surface area contributed by atoms with Gasteiger partial charge in [-0.05, 0) is 60.5 Å². The number of halogens is 3. The van der Waals surface area contributed by atoms with Crippen molar-refractivity contribution in [1.29, 1.82) is 0 Å². The molecule has 4 rings (SSSR count). The fraction of sp³-hybridized carbons (Fsp3) is 0.125. The van der Waals surface area contributed by atoms with Crippen molar-refractivity contribution in [2.24, 2.45) is 0 Å². The first-order valence-corrected chi connectivity index (χ1v) is 11.5. The topological polar surface area (TPSA) is 38.0 Å². The third-order valence-corrected chi connectivity index (χ3v) is 6.81. The van der Waals surface area contributed by atoms with Crippen LogP contribution in [0.25, 0.3) is 11.1 Å². The fourth-order valence-corrected chi connectivity index (χ4v) is 5.57. The van der Waals surface area contributed by atoms with Crippen molar-refractivity contribution in [3.05, 3.63) is 98.9 Å². The Morgan fingerprint density at radius 1 is 0.903 bits per heavy atom. The van der Waals surface area contributed by atoms with Crippen LogP contribution in [0.1, 0.15) is 16.8 Å². The lowest BCUT2D eigenvalue weighted by atomic mass is 10.0. The molecule has 0 spiro atoms. The van der Waals surface area contributed by atoms with Crippen molar-refractivity contribution in [3.8, 4) is 11.1 Å². The predicted octanol–water partition coefficient (Wildman–Crippen LogP) is 7.51. The highest BCUT2D eigenvalue weighted by Crippen LogP contribution is 2.43. The van der Waals surface area contributed by atoms with Crippen molar-refractivity contribution in [2.75, 3.05) is 0 Å². The minimum Gasteiger partial charge on any atom is -0.392 e. The molecule has 0 radical (unpaired) electrons. The maximum Gasteiger partial charge on any atom is 0.0885 e. The molecule has 158 valence electrons. The lowest BCUT2D eigenvalue weighted by molar-refractivity contribution is 0.281. The second-order valence-electron chi connectivity index (χ2n) is 7.06. The van der Waals surface area contributed by atoms with Gasteiger partial charge in [0, 0.05) is 55.7 Å². The van der Waals surface area contributed by atoms with Crippen LogP contribution in [0.15, 0.2) is 76.9 Å². The molecule has 0 bridgehead atoms. The second-order valence-corrected chi connectivity index (χ2v) is 9.43. The molecule has 7 heteroatoms. The SMILES string of the molecule is Cc1c(CO)c(-c2ccc(Cl)cc2)c(Sc2cc(Cl)cc(Cl)c2)n1Cc1ccncc1. The first kappa shape index (κ1) is 22.3. The monoisotopic (exact) mass is 488 g/mol. The van der Waals surface area contributed by atoms with Gasteiger partial charge in [0.15, 0.2) is 0 Å². The molecule has 0 amide bonds. The first-order chi connectivity index (χ1) is 15.0. The van der Waals surface area contributed by atoms with Crippen molar-refractivity contribution in [1.82, 2.24) is 9.55 Å². The van der Waals surface area contributed by atoms with Crippen LogP contribution in [0, 0.1) is 6.92 Å². The van der Waals surface area contributed by atoms with Gasteiger partial charge in [0.25, 0.3) is 0 Å². The quantitative estimate of drug-likeness (QED) is 0.304. The second kappa shape index (κ2) is 9.68. The zero-order chi connectivity index (χ0) is 22.0. The van der Waals surface area contributed by atoms with Crippen LogP contribution < -0.4 is 0 Å². The number of nitrogens with zero attached hydrogens (tertiary/aromatic N) is 2. The van der Waals surface area contributed by atoms with Gasteiger partial charge in [0.2, 0.25) is 0 Å². The third kappa shape index (κ3) is 4.94. The molecular weight excluding hydrogens is 471 g/mol. The average molecular weight is 490 g/mol. The molecule has 4 aromatic rings. The molecule has 0 aliphatic rings. The number of aliphatic hydroxyl groups excluding tert-OH is 1. The van der Waals surface area contributed by atoms with E-state index in [0.717, 1.165) is 37.9 Å². The largest absolute Gasteiger partial charge is 0.392 e. The van der Waals surface area contributed by atoms with E-state index >= 15 is 0 Å². The van der Waals surface area contributed by atoms with Gasteiger partial charge in [-0.25, -0.2) is 0 Å². The van der Waals surface area contributed by atoms with Crippen LogP contribution in [0.2, 0.25) is 15.1 Å². The summed E-state index contributed by atoms with van der Waals surface area (Å²) in [4.78, 5) is 5.04. The molecule has 0 atom stereocenters. The van der Waals surface area contributed by atoms with E-state index < -0.39 is 0 Å². The van der Waals surface area contributed by atoms with Gasteiger partial charge in [-0.1, -0.05) is 58.7 Å². The van der Waals surface area contributed by atoms with Gasteiger partial charge < -0.3 is 9.67 Å². The van der Waals surface area contributed by atoms with E-state index in [2.05, 4.69) is 9.55 Å². The van der Waals surface area contributed by atoms with Crippen LogP contribution >= 0.6 is 46.6 Å². The standard InChI is InChI=1S/C24H19Cl3N2OS/c1-15-22(14-30)23(17-2-4-18(25)5-3-17)24(29(15)13-16-6-8-28-9-7-16)31-21-11-19(26)10-20(27)12-21/h2-12,30H,13-14H2,1H3. The Balaban J connectivity index is 1.91. The molecule has 0 aliphatic carbocycles. The molecule has 0 saturated carbocycles. The number of aliphatic hydroxyl groups is 1. The summed E-state index contributed by atoms with van der Waals surface area (Å²) in [6.45, 7) is 2.60. The van der Waals surface area contributed by atoms with Crippen LogP contribution in [0.4, 0.5) is 0 Å². The van der Waals surface area contributed by atoms with E-state index in [1.165, 1.54) is 0 Å². The Labute approximate surface area is 200 Å². The zero-order valence-corrected chi connectivity index (χ0v) is 19.7. The molecule has 0 aliphatic heterocycles. The van der Waals surface area contributed by atoms with Crippen LogP contribution in [-0.4, -0.2) is 14.7 Å². The van der Waals surface area contributed by atoms with E-state index in [1.54, 1.807) is 30.2 Å². The highest BCUT2D eigenvalue weighted by atomic mass is 35.5. The smallest absolute Gasteiger partial charge is 0.0885 e. The summed E-state index contributed by atoms with van der Waals surface area (Å²) in [5.74, 6) is 0. The molecule has 2 aromatic carbocycles. The van der Waals surface area contributed by atoms with E-state index in [0.29, 0.717) is 21.6 Å². The summed E-state index contributed by atoms with van der Waals surface area (Å²) in [6.07, 6.45) is 3.57. The summed E-state index contributed by atoms with van der Waals surface area (Å²) >= 11 is 20.2. The van der Waals surface area contributed by atoms with Gasteiger partial charge >= 0.3 is 0 Å². The summed E-state index contributed by atoms with van der Waals surface area (Å²) in [7, 11) is 0. The summed E-state index contributed by atoms with van der Waals surface area (Å²) in [5, 5.41) is 13.1. The molecule has 0 fully saturated rings. The van der Waals surface area contributed by atoms with E-state index in [1.807, 2.05) is 55.5 Å². The maximum absolute atomic E-state index is 10.3. The van der Waals surface area contributed by atoms with Gasteiger partial charge in [0.1, 0.15) is 0 Å². The number of pyridine rings is 1. The average Bonchev–Trinajstić information content (AvgIpc) is 2.99. The van der Waals surface area contributed by atoms with Crippen molar-refractivity contribution in [2.45, 2.75) is 30.0 Å². The number of benzene rings is 2. The van der Waals surface area contributed by atoms with Gasteiger partial charge in [-0.3, -0.25) is 4.98 Å². The van der Waals surface area contributed by atoms with Crippen molar-refractivity contribution >= 4 is 46.6 Å². The maximum atomic E-state index is 10.3. The number of rotatable bonds is 6.